The molecule has 2 heterocycles. The highest BCUT2D eigenvalue weighted by atomic mass is 16.1. The van der Waals surface area contributed by atoms with E-state index in [4.69, 9.17) is 0 Å². The molecule has 6 heteroatoms. The number of ketones is 2. The summed E-state index contributed by atoms with van der Waals surface area (Å²) in [6, 6.07) is 20.4. The maximum atomic E-state index is 13.7. The third-order valence-corrected chi connectivity index (χ3v) is 6.71. The monoisotopic (exact) mass is 442 g/mol. The van der Waals surface area contributed by atoms with E-state index in [9.17, 15) is 19.2 Å². The van der Waals surface area contributed by atoms with Crippen molar-refractivity contribution in [3.05, 3.63) is 115 Å². The van der Waals surface area contributed by atoms with Gasteiger partial charge in [-0.15, -0.1) is 0 Å². The van der Waals surface area contributed by atoms with Gasteiger partial charge in [0.1, 0.15) is 0 Å². The Balaban J connectivity index is 1.60. The molecular formula is C28H14N2O4. The van der Waals surface area contributed by atoms with Gasteiger partial charge in [-0.1, -0.05) is 24.3 Å². The van der Waals surface area contributed by atoms with E-state index >= 15 is 0 Å². The van der Waals surface area contributed by atoms with Gasteiger partial charge in [-0.2, -0.15) is 0 Å². The number of hydrogen-bond donors (Lipinski definition) is 2. The van der Waals surface area contributed by atoms with Crippen LogP contribution in [0.1, 0.15) is 31.8 Å². The summed E-state index contributed by atoms with van der Waals surface area (Å²) in [4.78, 5) is 60.1. The van der Waals surface area contributed by atoms with Crippen LogP contribution in [-0.2, 0) is 0 Å². The molecule has 0 amide bonds. The lowest BCUT2D eigenvalue weighted by Gasteiger charge is -2.20. The van der Waals surface area contributed by atoms with Crippen LogP contribution < -0.4 is 10.9 Å². The van der Waals surface area contributed by atoms with Crippen molar-refractivity contribution < 1.29 is 9.59 Å². The van der Waals surface area contributed by atoms with Crippen LogP contribution in [0.4, 0.5) is 0 Å². The quantitative estimate of drug-likeness (QED) is 0.339. The fourth-order valence-electron chi connectivity index (χ4n) is 5.10. The van der Waals surface area contributed by atoms with E-state index in [1.807, 2.05) is 0 Å². The van der Waals surface area contributed by atoms with Crippen molar-refractivity contribution in [1.29, 1.82) is 0 Å². The maximum Gasteiger partial charge on any atom is 0.197 e. The summed E-state index contributed by atoms with van der Waals surface area (Å²) in [6.07, 6.45) is 0. The SMILES string of the molecule is O=C1c2ccc3c(=O)c4ccccc4[nH]c3c2C(=O)c2ccc3c(=O)c4ccccc4[nH]c3c21. The lowest BCUT2D eigenvalue weighted by Crippen LogP contribution is -2.24. The summed E-state index contributed by atoms with van der Waals surface area (Å²) in [5.74, 6) is -0.728. The first-order valence-corrected chi connectivity index (χ1v) is 10.8. The molecule has 1 aliphatic carbocycles. The van der Waals surface area contributed by atoms with Crippen molar-refractivity contribution in [2.45, 2.75) is 0 Å². The second kappa shape index (κ2) is 6.36. The Hall–Kier alpha value is -4.84. The molecule has 0 bridgehead atoms. The Bertz CT molecular complexity index is 1900. The molecule has 6 nitrogen and oxygen atoms in total. The molecule has 0 fully saturated rings. The second-order valence-electron chi connectivity index (χ2n) is 8.48. The third kappa shape index (κ3) is 2.24. The van der Waals surface area contributed by atoms with E-state index in [0.29, 0.717) is 43.6 Å². The van der Waals surface area contributed by atoms with Crippen LogP contribution in [0.25, 0.3) is 43.6 Å². The first-order valence-electron chi connectivity index (χ1n) is 10.8. The molecule has 2 aromatic heterocycles. The molecule has 0 radical (unpaired) electrons. The first kappa shape index (κ1) is 18.7. The molecule has 0 aliphatic heterocycles. The Morgan fingerprint density at radius 2 is 0.853 bits per heavy atom. The van der Waals surface area contributed by atoms with Gasteiger partial charge in [0.05, 0.1) is 22.2 Å². The highest BCUT2D eigenvalue weighted by molar-refractivity contribution is 6.34. The van der Waals surface area contributed by atoms with Crippen LogP contribution in [-0.4, -0.2) is 21.5 Å². The topological polar surface area (TPSA) is 99.9 Å². The fourth-order valence-corrected chi connectivity index (χ4v) is 5.10. The van der Waals surface area contributed by atoms with Crippen molar-refractivity contribution in [3.8, 4) is 0 Å². The van der Waals surface area contributed by atoms with Crippen molar-refractivity contribution in [2.24, 2.45) is 0 Å². The van der Waals surface area contributed by atoms with E-state index in [-0.39, 0.29) is 44.7 Å². The largest absolute Gasteiger partial charge is 0.354 e. The van der Waals surface area contributed by atoms with Crippen LogP contribution in [0.15, 0.2) is 82.4 Å². The van der Waals surface area contributed by atoms with Crippen molar-refractivity contribution in [2.75, 3.05) is 0 Å². The van der Waals surface area contributed by atoms with E-state index in [1.54, 1.807) is 60.7 Å². The van der Waals surface area contributed by atoms with Gasteiger partial charge in [0.25, 0.3) is 0 Å². The number of rotatable bonds is 0. The van der Waals surface area contributed by atoms with Crippen molar-refractivity contribution >= 4 is 55.2 Å². The van der Waals surface area contributed by atoms with Crippen LogP contribution in [0.5, 0.6) is 0 Å². The maximum absolute atomic E-state index is 13.7. The molecule has 0 spiro atoms. The summed E-state index contributed by atoms with van der Waals surface area (Å²) in [6.45, 7) is 0. The first-order chi connectivity index (χ1) is 16.5. The average molecular weight is 442 g/mol. The van der Waals surface area contributed by atoms with Crippen LogP contribution in [0, 0.1) is 0 Å². The van der Waals surface area contributed by atoms with Gasteiger partial charge in [-0.05, 0) is 48.5 Å². The standard InChI is InChI=1S/C28H14N2O4/c31-25-13-5-1-3-7-19(13)29-23-17(25)11-9-15-21(23)27(33)16-10-12-18-24(22(16)28(15)34)30-20-8-4-2-6-14(20)26(18)32/h1-12H,(H,29,31)(H,30,32). The van der Waals surface area contributed by atoms with E-state index in [2.05, 4.69) is 9.97 Å². The number of benzene rings is 4. The minimum Gasteiger partial charge on any atom is -0.354 e. The second-order valence-corrected chi connectivity index (χ2v) is 8.48. The molecule has 7 rings (SSSR count). The van der Waals surface area contributed by atoms with Gasteiger partial charge >= 0.3 is 0 Å². The van der Waals surface area contributed by atoms with Gasteiger partial charge in [-0.25, -0.2) is 0 Å². The Labute approximate surface area is 190 Å². The molecule has 0 atom stereocenters. The molecule has 0 saturated carbocycles. The van der Waals surface area contributed by atoms with Crippen molar-refractivity contribution in [1.82, 2.24) is 9.97 Å². The minimum absolute atomic E-state index is 0.181. The zero-order valence-electron chi connectivity index (χ0n) is 17.6. The molecule has 0 unspecified atom stereocenters. The number of para-hydroxylation sites is 2. The lowest BCUT2D eigenvalue weighted by molar-refractivity contribution is 0.0981. The normalized spacial score (nSPS) is 13.1. The van der Waals surface area contributed by atoms with Gasteiger partial charge in [0, 0.05) is 43.7 Å². The molecule has 0 saturated heterocycles. The van der Waals surface area contributed by atoms with Crippen LogP contribution in [0.2, 0.25) is 0 Å². The Kier molecular flexibility index (Phi) is 3.50. The highest BCUT2D eigenvalue weighted by Gasteiger charge is 2.34. The Morgan fingerprint density at radius 1 is 0.441 bits per heavy atom. The fraction of sp³-hybridized carbons (Fsp3) is 0. The highest BCUT2D eigenvalue weighted by Crippen LogP contribution is 2.34. The van der Waals surface area contributed by atoms with Crippen LogP contribution in [0.3, 0.4) is 0 Å². The third-order valence-electron chi connectivity index (χ3n) is 6.71. The zero-order valence-corrected chi connectivity index (χ0v) is 17.6. The number of pyridine rings is 2. The lowest BCUT2D eigenvalue weighted by atomic mass is 9.81. The number of aromatic amines is 2. The summed E-state index contributed by atoms with van der Waals surface area (Å²) < 4.78 is 0. The van der Waals surface area contributed by atoms with E-state index in [0.717, 1.165) is 0 Å². The molecule has 4 aromatic carbocycles. The smallest absolute Gasteiger partial charge is 0.197 e. The van der Waals surface area contributed by atoms with E-state index in [1.165, 1.54) is 12.1 Å². The molecular weight excluding hydrogens is 428 g/mol. The number of H-pyrrole nitrogens is 2. The summed E-state index contributed by atoms with van der Waals surface area (Å²) in [7, 11) is 0. The minimum atomic E-state index is -0.364. The van der Waals surface area contributed by atoms with Gasteiger partial charge in [0.15, 0.2) is 22.4 Å². The zero-order chi connectivity index (χ0) is 23.1. The average Bonchev–Trinajstić information content (AvgIpc) is 2.86. The predicted octanol–water partition coefficient (Wildman–Crippen LogP) is 4.45. The van der Waals surface area contributed by atoms with Crippen molar-refractivity contribution in [3.63, 3.8) is 0 Å². The van der Waals surface area contributed by atoms with E-state index < -0.39 is 0 Å². The molecule has 2 N–H and O–H groups in total. The van der Waals surface area contributed by atoms with Gasteiger partial charge in [0.2, 0.25) is 0 Å². The number of fused-ring (bicyclic) bond motifs is 8. The number of hydrogen-bond acceptors (Lipinski definition) is 4. The molecule has 6 aromatic rings. The predicted molar refractivity (Wildman–Crippen MR) is 131 cm³/mol. The van der Waals surface area contributed by atoms with Gasteiger partial charge < -0.3 is 9.97 Å². The summed E-state index contributed by atoms with van der Waals surface area (Å²) in [5.41, 5.74) is 2.24. The number of aromatic nitrogens is 2. The molecule has 1 aliphatic rings. The number of carbonyl (C=O) groups excluding carboxylic acids is 2. The number of nitrogens with one attached hydrogen (secondary N) is 2. The van der Waals surface area contributed by atoms with Gasteiger partial charge in [-0.3, -0.25) is 19.2 Å². The van der Waals surface area contributed by atoms with Crippen LogP contribution >= 0.6 is 0 Å². The molecule has 34 heavy (non-hydrogen) atoms. The summed E-state index contributed by atoms with van der Waals surface area (Å²) in [5, 5.41) is 1.73. The summed E-state index contributed by atoms with van der Waals surface area (Å²) >= 11 is 0. The Morgan fingerprint density at radius 3 is 1.29 bits per heavy atom. The number of carbonyl (C=O) groups is 2. The molecule has 160 valence electrons.